The number of fused-ring (bicyclic) bond motifs is 2. The van der Waals surface area contributed by atoms with Crippen LogP contribution in [0.25, 0.3) is 22.1 Å². The zero-order chi connectivity index (χ0) is 13.0. The standard InChI is InChI=1S/C14H12BrNO2/c1-7-4-5-10-9(6-7)12(17)11-8(2)13(15)16(3)14(11)18-10/h4-6H,1-3H3. The van der Waals surface area contributed by atoms with Gasteiger partial charge in [-0.05, 0) is 47.5 Å². The average Bonchev–Trinajstić information content (AvgIpc) is 2.56. The maximum Gasteiger partial charge on any atom is 0.212 e. The number of aryl methyl sites for hydroxylation is 3. The molecule has 0 bridgehead atoms. The van der Waals surface area contributed by atoms with Gasteiger partial charge >= 0.3 is 0 Å². The summed E-state index contributed by atoms with van der Waals surface area (Å²) in [5.74, 6) is 0. The second-order valence-electron chi connectivity index (χ2n) is 4.59. The minimum absolute atomic E-state index is 0.0359. The molecule has 0 amide bonds. The third-order valence-electron chi connectivity index (χ3n) is 3.31. The number of hydrogen-bond acceptors (Lipinski definition) is 2. The first kappa shape index (κ1) is 11.5. The average molecular weight is 306 g/mol. The van der Waals surface area contributed by atoms with Crippen LogP contribution in [0.5, 0.6) is 0 Å². The molecule has 0 unspecified atom stereocenters. The maximum atomic E-state index is 12.5. The molecule has 0 N–H and O–H groups in total. The van der Waals surface area contributed by atoms with Gasteiger partial charge < -0.3 is 8.98 Å². The summed E-state index contributed by atoms with van der Waals surface area (Å²) < 4.78 is 8.58. The van der Waals surface area contributed by atoms with Crippen molar-refractivity contribution in [3.8, 4) is 0 Å². The Balaban J connectivity index is 2.66. The fourth-order valence-corrected chi connectivity index (χ4v) is 2.67. The number of benzene rings is 1. The van der Waals surface area contributed by atoms with Crippen LogP contribution in [0.2, 0.25) is 0 Å². The van der Waals surface area contributed by atoms with Gasteiger partial charge in [0.15, 0.2) is 0 Å². The molecule has 92 valence electrons. The minimum atomic E-state index is 0.0359. The van der Waals surface area contributed by atoms with E-state index in [1.54, 1.807) is 0 Å². The highest BCUT2D eigenvalue weighted by Gasteiger charge is 2.17. The molecule has 3 rings (SSSR count). The Bertz CT molecular complexity index is 842. The monoisotopic (exact) mass is 305 g/mol. The molecule has 18 heavy (non-hydrogen) atoms. The summed E-state index contributed by atoms with van der Waals surface area (Å²) in [6, 6.07) is 5.67. The first-order valence-electron chi connectivity index (χ1n) is 5.68. The van der Waals surface area contributed by atoms with Gasteiger partial charge in [0.2, 0.25) is 11.1 Å². The molecule has 2 aromatic heterocycles. The quantitative estimate of drug-likeness (QED) is 0.635. The van der Waals surface area contributed by atoms with E-state index >= 15 is 0 Å². The van der Waals surface area contributed by atoms with E-state index in [4.69, 9.17) is 4.42 Å². The van der Waals surface area contributed by atoms with Gasteiger partial charge in [-0.1, -0.05) is 11.6 Å². The van der Waals surface area contributed by atoms with Crippen molar-refractivity contribution in [1.29, 1.82) is 0 Å². The first-order valence-corrected chi connectivity index (χ1v) is 6.48. The van der Waals surface area contributed by atoms with Crippen molar-refractivity contribution in [2.75, 3.05) is 0 Å². The van der Waals surface area contributed by atoms with Crippen LogP contribution in [0.4, 0.5) is 0 Å². The molecule has 4 heteroatoms. The minimum Gasteiger partial charge on any atom is -0.439 e. The fraction of sp³-hybridized carbons (Fsp3) is 0.214. The van der Waals surface area contributed by atoms with E-state index in [2.05, 4.69) is 15.9 Å². The zero-order valence-electron chi connectivity index (χ0n) is 10.4. The van der Waals surface area contributed by atoms with Crippen LogP contribution in [0.15, 0.2) is 32.0 Å². The number of halogens is 1. The van der Waals surface area contributed by atoms with Gasteiger partial charge in [0.25, 0.3) is 0 Å². The van der Waals surface area contributed by atoms with Crippen molar-refractivity contribution in [2.24, 2.45) is 7.05 Å². The van der Waals surface area contributed by atoms with E-state index < -0.39 is 0 Å². The normalized spacial score (nSPS) is 11.6. The molecule has 0 saturated heterocycles. The van der Waals surface area contributed by atoms with Crippen molar-refractivity contribution < 1.29 is 4.42 Å². The van der Waals surface area contributed by atoms with Crippen LogP contribution in [-0.4, -0.2) is 4.57 Å². The summed E-state index contributed by atoms with van der Waals surface area (Å²) in [7, 11) is 1.88. The Morgan fingerprint density at radius 1 is 1.28 bits per heavy atom. The molecule has 0 aliphatic heterocycles. The van der Waals surface area contributed by atoms with Crippen LogP contribution >= 0.6 is 15.9 Å². The smallest absolute Gasteiger partial charge is 0.212 e. The van der Waals surface area contributed by atoms with Gasteiger partial charge in [-0.15, -0.1) is 0 Å². The molecular formula is C14H12BrNO2. The summed E-state index contributed by atoms with van der Waals surface area (Å²) in [4.78, 5) is 12.5. The molecule has 1 aromatic carbocycles. The summed E-state index contributed by atoms with van der Waals surface area (Å²) in [5.41, 5.74) is 3.26. The molecule has 2 heterocycles. The van der Waals surface area contributed by atoms with Crippen LogP contribution in [0.1, 0.15) is 11.1 Å². The van der Waals surface area contributed by atoms with E-state index in [0.717, 1.165) is 15.7 Å². The molecule has 0 atom stereocenters. The largest absolute Gasteiger partial charge is 0.439 e. The van der Waals surface area contributed by atoms with Crippen LogP contribution in [0.3, 0.4) is 0 Å². The van der Waals surface area contributed by atoms with Crippen LogP contribution < -0.4 is 5.43 Å². The maximum absolute atomic E-state index is 12.5. The molecule has 0 aliphatic carbocycles. The molecule has 0 saturated carbocycles. The molecule has 0 fully saturated rings. The topological polar surface area (TPSA) is 35.1 Å². The van der Waals surface area contributed by atoms with E-state index in [9.17, 15) is 4.79 Å². The van der Waals surface area contributed by atoms with Crippen molar-refractivity contribution in [3.63, 3.8) is 0 Å². The Hall–Kier alpha value is -1.55. The van der Waals surface area contributed by atoms with Crippen molar-refractivity contribution in [2.45, 2.75) is 13.8 Å². The Morgan fingerprint density at radius 2 is 2.00 bits per heavy atom. The van der Waals surface area contributed by atoms with Crippen molar-refractivity contribution in [1.82, 2.24) is 4.57 Å². The van der Waals surface area contributed by atoms with Crippen LogP contribution in [0, 0.1) is 13.8 Å². The predicted octanol–water partition coefficient (Wildman–Crippen LogP) is 3.66. The van der Waals surface area contributed by atoms with Gasteiger partial charge in [-0.2, -0.15) is 0 Å². The highest BCUT2D eigenvalue weighted by molar-refractivity contribution is 9.10. The van der Waals surface area contributed by atoms with E-state index in [0.29, 0.717) is 22.1 Å². The van der Waals surface area contributed by atoms with Gasteiger partial charge in [-0.3, -0.25) is 4.79 Å². The number of hydrogen-bond donors (Lipinski definition) is 0. The molecule has 3 nitrogen and oxygen atoms in total. The number of aromatic nitrogens is 1. The predicted molar refractivity (Wildman–Crippen MR) is 76.1 cm³/mol. The Morgan fingerprint density at radius 3 is 2.72 bits per heavy atom. The molecule has 0 radical (unpaired) electrons. The lowest BCUT2D eigenvalue weighted by atomic mass is 10.1. The molecular weight excluding hydrogens is 294 g/mol. The van der Waals surface area contributed by atoms with Gasteiger partial charge in [0.1, 0.15) is 5.58 Å². The third kappa shape index (κ3) is 1.38. The second-order valence-corrected chi connectivity index (χ2v) is 5.34. The lowest BCUT2D eigenvalue weighted by Gasteiger charge is -2.01. The Labute approximate surface area is 112 Å². The Kier molecular flexibility index (Phi) is 2.38. The number of rotatable bonds is 0. The van der Waals surface area contributed by atoms with Crippen molar-refractivity contribution >= 4 is 38.0 Å². The number of nitrogens with zero attached hydrogens (tertiary/aromatic N) is 1. The summed E-state index contributed by atoms with van der Waals surface area (Å²) in [6.07, 6.45) is 0. The van der Waals surface area contributed by atoms with E-state index in [-0.39, 0.29) is 5.43 Å². The van der Waals surface area contributed by atoms with Gasteiger partial charge in [0, 0.05) is 7.05 Å². The summed E-state index contributed by atoms with van der Waals surface area (Å²) in [5, 5.41) is 1.30. The highest BCUT2D eigenvalue weighted by Crippen LogP contribution is 2.28. The molecule has 0 spiro atoms. The third-order valence-corrected chi connectivity index (χ3v) is 4.44. The van der Waals surface area contributed by atoms with Gasteiger partial charge in [-0.25, -0.2) is 0 Å². The zero-order valence-corrected chi connectivity index (χ0v) is 12.0. The lowest BCUT2D eigenvalue weighted by Crippen LogP contribution is -2.02. The summed E-state index contributed by atoms with van der Waals surface area (Å²) >= 11 is 3.48. The van der Waals surface area contributed by atoms with Crippen LogP contribution in [-0.2, 0) is 7.05 Å². The van der Waals surface area contributed by atoms with Gasteiger partial charge in [0.05, 0.1) is 15.4 Å². The molecule has 0 aliphatic rings. The lowest BCUT2D eigenvalue weighted by molar-refractivity contribution is 0.619. The first-order chi connectivity index (χ1) is 8.50. The molecule has 3 aromatic rings. The summed E-state index contributed by atoms with van der Waals surface area (Å²) in [6.45, 7) is 3.89. The van der Waals surface area contributed by atoms with Crippen molar-refractivity contribution in [3.05, 3.63) is 44.2 Å². The van der Waals surface area contributed by atoms with E-state index in [1.807, 2.05) is 43.7 Å². The fourth-order valence-electron chi connectivity index (χ4n) is 2.31. The SMILES string of the molecule is Cc1ccc2oc3c(c(C)c(Br)n3C)c(=O)c2c1. The van der Waals surface area contributed by atoms with E-state index in [1.165, 1.54) is 0 Å². The highest BCUT2D eigenvalue weighted by atomic mass is 79.9. The second kappa shape index (κ2) is 3.72.